The van der Waals surface area contributed by atoms with Crippen LogP contribution in [0.15, 0.2) is 18.2 Å². The minimum absolute atomic E-state index is 0.458. The van der Waals surface area contributed by atoms with E-state index in [1.165, 1.54) is 29.5 Å². The molecule has 0 heterocycles. The van der Waals surface area contributed by atoms with Crippen LogP contribution in [0, 0.1) is 13.8 Å². The van der Waals surface area contributed by atoms with Gasteiger partial charge in [0.05, 0.1) is 0 Å². The topological polar surface area (TPSA) is 15.3 Å². The second-order valence-electron chi connectivity index (χ2n) is 5.62. The smallest absolute Gasteiger partial charge is 0.0449 e. The minimum atomic E-state index is 0.458. The Morgan fingerprint density at radius 3 is 2.56 bits per heavy atom. The lowest BCUT2D eigenvalue weighted by Gasteiger charge is -2.25. The number of likely N-dealkylation sites (N-methyl/N-ethyl adjacent to an activating group) is 2. The number of hydrogen-bond acceptors (Lipinski definition) is 2. The summed E-state index contributed by atoms with van der Waals surface area (Å²) in [7, 11) is 2.25. The molecule has 1 N–H and O–H groups in total. The molecule has 0 saturated heterocycles. The predicted molar refractivity (Wildman–Crippen MR) is 78.0 cm³/mol. The zero-order valence-electron chi connectivity index (χ0n) is 12.2. The first-order valence-electron chi connectivity index (χ1n) is 7.12. The van der Waals surface area contributed by atoms with Gasteiger partial charge in [0.15, 0.2) is 0 Å². The highest BCUT2D eigenvalue weighted by Gasteiger charge is 2.27. The van der Waals surface area contributed by atoms with Gasteiger partial charge in [0.2, 0.25) is 0 Å². The monoisotopic (exact) mass is 246 g/mol. The van der Waals surface area contributed by atoms with Gasteiger partial charge < -0.3 is 10.2 Å². The highest BCUT2D eigenvalue weighted by molar-refractivity contribution is 5.32. The summed E-state index contributed by atoms with van der Waals surface area (Å²) >= 11 is 0. The number of nitrogens with zero attached hydrogens (tertiary/aromatic N) is 1. The Labute approximate surface area is 111 Å². The molecule has 0 radical (unpaired) electrons. The molecule has 2 heteroatoms. The van der Waals surface area contributed by atoms with Crippen LogP contribution in [-0.4, -0.2) is 31.1 Å². The summed E-state index contributed by atoms with van der Waals surface area (Å²) in [6, 6.07) is 8.14. The number of hydrogen-bond donors (Lipinski definition) is 1. The summed E-state index contributed by atoms with van der Waals surface area (Å²) in [5.41, 5.74) is 4.20. The Kier molecular flexibility index (Phi) is 4.41. The quantitative estimate of drug-likeness (QED) is 0.830. The van der Waals surface area contributed by atoms with Gasteiger partial charge in [-0.05, 0) is 57.0 Å². The summed E-state index contributed by atoms with van der Waals surface area (Å²) in [6.45, 7) is 8.70. The van der Waals surface area contributed by atoms with E-state index in [0.717, 1.165) is 19.1 Å². The van der Waals surface area contributed by atoms with Crippen LogP contribution in [0.5, 0.6) is 0 Å². The van der Waals surface area contributed by atoms with Crippen LogP contribution in [0.1, 0.15) is 42.5 Å². The molecule has 1 saturated carbocycles. The van der Waals surface area contributed by atoms with Gasteiger partial charge in [-0.1, -0.05) is 25.1 Å². The molecule has 0 amide bonds. The third kappa shape index (κ3) is 3.33. The van der Waals surface area contributed by atoms with Gasteiger partial charge in [-0.2, -0.15) is 0 Å². The first-order valence-corrected chi connectivity index (χ1v) is 7.12. The third-order valence-electron chi connectivity index (χ3n) is 4.02. The highest BCUT2D eigenvalue weighted by atomic mass is 15.2. The summed E-state index contributed by atoms with van der Waals surface area (Å²) in [4.78, 5) is 2.50. The Hall–Kier alpha value is -0.860. The number of rotatable bonds is 6. The van der Waals surface area contributed by atoms with Gasteiger partial charge in [-0.25, -0.2) is 0 Å². The van der Waals surface area contributed by atoms with E-state index in [4.69, 9.17) is 0 Å². The van der Waals surface area contributed by atoms with Crippen molar-refractivity contribution in [2.24, 2.45) is 0 Å². The van der Waals surface area contributed by atoms with Gasteiger partial charge in [0.1, 0.15) is 0 Å². The maximum absolute atomic E-state index is 3.62. The van der Waals surface area contributed by atoms with Crippen molar-refractivity contribution in [3.63, 3.8) is 0 Å². The summed E-state index contributed by atoms with van der Waals surface area (Å²) in [6.07, 6.45) is 2.75. The van der Waals surface area contributed by atoms with Gasteiger partial charge in [0, 0.05) is 18.6 Å². The molecule has 1 aromatic rings. The van der Waals surface area contributed by atoms with Gasteiger partial charge in [-0.3, -0.25) is 0 Å². The van der Waals surface area contributed by atoms with Crippen LogP contribution in [0.3, 0.4) is 0 Å². The fourth-order valence-corrected chi connectivity index (χ4v) is 2.47. The fraction of sp³-hybridized carbons (Fsp3) is 0.625. The molecule has 1 fully saturated rings. The molecule has 1 aliphatic rings. The zero-order chi connectivity index (χ0) is 13.1. The van der Waals surface area contributed by atoms with E-state index in [2.05, 4.69) is 56.2 Å². The molecule has 18 heavy (non-hydrogen) atoms. The first-order chi connectivity index (χ1) is 8.61. The Morgan fingerprint density at radius 2 is 2.00 bits per heavy atom. The first kappa shape index (κ1) is 13.6. The molecule has 0 aliphatic heterocycles. The maximum atomic E-state index is 3.62. The van der Waals surface area contributed by atoms with E-state index in [1.807, 2.05) is 0 Å². The lowest BCUT2D eigenvalue weighted by molar-refractivity contribution is 0.283. The summed E-state index contributed by atoms with van der Waals surface area (Å²) in [5, 5.41) is 3.62. The highest BCUT2D eigenvalue weighted by Crippen LogP contribution is 2.27. The fourth-order valence-electron chi connectivity index (χ4n) is 2.47. The van der Waals surface area contributed by atoms with E-state index in [-0.39, 0.29) is 0 Å². The van der Waals surface area contributed by atoms with Crippen LogP contribution in [0.25, 0.3) is 0 Å². The van der Waals surface area contributed by atoms with Gasteiger partial charge in [-0.15, -0.1) is 0 Å². The standard InChI is InChI=1S/C16H26N2/c1-5-17-16(11-18(4)15-8-9-15)14-7-6-12(2)13(3)10-14/h6-7,10,15-17H,5,8-9,11H2,1-4H3. The number of benzene rings is 1. The molecular formula is C16H26N2. The van der Waals surface area contributed by atoms with Crippen molar-refractivity contribution in [2.75, 3.05) is 20.1 Å². The van der Waals surface area contributed by atoms with E-state index < -0.39 is 0 Å². The third-order valence-corrected chi connectivity index (χ3v) is 4.02. The van der Waals surface area contributed by atoms with Crippen LogP contribution in [-0.2, 0) is 0 Å². The second kappa shape index (κ2) is 5.85. The molecule has 0 spiro atoms. The molecule has 1 atom stereocenters. The van der Waals surface area contributed by atoms with Crippen molar-refractivity contribution >= 4 is 0 Å². The van der Waals surface area contributed by atoms with E-state index in [0.29, 0.717) is 6.04 Å². The Morgan fingerprint density at radius 1 is 1.28 bits per heavy atom. The van der Waals surface area contributed by atoms with Crippen molar-refractivity contribution < 1.29 is 0 Å². The molecule has 1 aromatic carbocycles. The Balaban J connectivity index is 2.09. The number of nitrogens with one attached hydrogen (secondary N) is 1. The number of aryl methyl sites for hydroxylation is 2. The maximum Gasteiger partial charge on any atom is 0.0449 e. The minimum Gasteiger partial charge on any atom is -0.309 e. The van der Waals surface area contributed by atoms with E-state index in [1.54, 1.807) is 0 Å². The average molecular weight is 246 g/mol. The van der Waals surface area contributed by atoms with Crippen molar-refractivity contribution in [1.82, 2.24) is 10.2 Å². The van der Waals surface area contributed by atoms with Crippen molar-refractivity contribution in [2.45, 2.75) is 45.7 Å². The van der Waals surface area contributed by atoms with Crippen LogP contribution >= 0.6 is 0 Å². The predicted octanol–water partition coefficient (Wildman–Crippen LogP) is 3.05. The van der Waals surface area contributed by atoms with Crippen LogP contribution in [0.4, 0.5) is 0 Å². The Bertz CT molecular complexity index is 396. The van der Waals surface area contributed by atoms with Crippen LogP contribution < -0.4 is 5.32 Å². The molecule has 2 rings (SSSR count). The molecular weight excluding hydrogens is 220 g/mol. The van der Waals surface area contributed by atoms with E-state index in [9.17, 15) is 0 Å². The van der Waals surface area contributed by atoms with Gasteiger partial charge >= 0.3 is 0 Å². The molecule has 2 nitrogen and oxygen atoms in total. The molecule has 100 valence electrons. The lowest BCUT2D eigenvalue weighted by atomic mass is 10.0. The molecule has 0 bridgehead atoms. The molecule has 0 aromatic heterocycles. The largest absolute Gasteiger partial charge is 0.309 e. The summed E-state index contributed by atoms with van der Waals surface area (Å²) < 4.78 is 0. The SMILES string of the molecule is CCNC(CN(C)C1CC1)c1ccc(C)c(C)c1. The zero-order valence-corrected chi connectivity index (χ0v) is 12.2. The van der Waals surface area contributed by atoms with E-state index >= 15 is 0 Å². The van der Waals surface area contributed by atoms with Crippen LogP contribution in [0.2, 0.25) is 0 Å². The van der Waals surface area contributed by atoms with Gasteiger partial charge in [0.25, 0.3) is 0 Å². The second-order valence-corrected chi connectivity index (χ2v) is 5.62. The normalized spacial score (nSPS) is 17.2. The summed E-state index contributed by atoms with van der Waals surface area (Å²) in [5.74, 6) is 0. The van der Waals surface area contributed by atoms with Crippen molar-refractivity contribution in [3.8, 4) is 0 Å². The molecule has 1 aliphatic carbocycles. The average Bonchev–Trinajstić information content (AvgIpc) is 3.16. The van der Waals surface area contributed by atoms with Crippen molar-refractivity contribution in [3.05, 3.63) is 34.9 Å². The molecule has 1 unspecified atom stereocenters. The van der Waals surface area contributed by atoms with Crippen molar-refractivity contribution in [1.29, 1.82) is 0 Å². The lowest BCUT2D eigenvalue weighted by Crippen LogP contribution is -2.34.